The second-order valence-corrected chi connectivity index (χ2v) is 16.4. The van der Waals surface area contributed by atoms with E-state index < -0.39 is 11.7 Å². The molecule has 2 saturated heterocycles. The Morgan fingerprint density at radius 2 is 1.65 bits per heavy atom. The Morgan fingerprint density at radius 1 is 0.961 bits per heavy atom. The van der Waals surface area contributed by atoms with E-state index >= 15 is 0 Å². The zero-order valence-electron chi connectivity index (χ0n) is 31.7. The lowest BCUT2D eigenvalue weighted by molar-refractivity contribution is -0.138. The SMILES string of the molecule is CC(=O)C(OC(C)(C)C)c1c(C)cc2nc(-c3ccc4c(n3)C(C3CCN(C5CN(C(C)=O)C5)CC3)=CC4C(C)C)oc2c1-c1ccc(C)cc1. The monoisotopic (exact) mass is 688 g/mol. The van der Waals surface area contributed by atoms with Gasteiger partial charge in [0.25, 0.3) is 0 Å². The van der Waals surface area contributed by atoms with Gasteiger partial charge in [0.15, 0.2) is 11.4 Å². The zero-order valence-corrected chi connectivity index (χ0v) is 31.7. The van der Waals surface area contributed by atoms with Gasteiger partial charge < -0.3 is 14.1 Å². The first-order valence-electron chi connectivity index (χ1n) is 18.6. The van der Waals surface area contributed by atoms with E-state index in [1.165, 1.54) is 11.1 Å². The summed E-state index contributed by atoms with van der Waals surface area (Å²) in [7, 11) is 0. The molecule has 2 aliphatic heterocycles. The molecule has 0 N–H and O–H groups in total. The Bertz CT molecular complexity index is 2000. The number of amides is 1. The highest BCUT2D eigenvalue weighted by Crippen LogP contribution is 2.47. The number of likely N-dealkylation sites (tertiary alicyclic amines) is 2. The Balaban J connectivity index is 1.26. The smallest absolute Gasteiger partial charge is 0.246 e. The minimum atomic E-state index is -0.762. The van der Waals surface area contributed by atoms with Crippen LogP contribution in [0.1, 0.15) is 101 Å². The van der Waals surface area contributed by atoms with Crippen LogP contribution < -0.4 is 0 Å². The van der Waals surface area contributed by atoms with Crippen molar-refractivity contribution in [2.45, 2.75) is 98.8 Å². The van der Waals surface area contributed by atoms with Gasteiger partial charge in [-0.25, -0.2) is 9.97 Å². The minimum absolute atomic E-state index is 0.0589. The number of fused-ring (bicyclic) bond motifs is 2. The summed E-state index contributed by atoms with van der Waals surface area (Å²) in [5, 5.41) is 0. The van der Waals surface area contributed by atoms with Gasteiger partial charge in [-0.3, -0.25) is 14.5 Å². The molecule has 2 fully saturated rings. The topological polar surface area (TPSA) is 88.8 Å². The average molecular weight is 689 g/mol. The lowest BCUT2D eigenvalue weighted by Gasteiger charge is -2.47. The van der Waals surface area contributed by atoms with Gasteiger partial charge in [-0.2, -0.15) is 0 Å². The van der Waals surface area contributed by atoms with Crippen LogP contribution in [0.2, 0.25) is 0 Å². The van der Waals surface area contributed by atoms with Crippen molar-refractivity contribution in [2.24, 2.45) is 11.8 Å². The average Bonchev–Trinajstić information content (AvgIpc) is 3.64. The summed E-state index contributed by atoms with van der Waals surface area (Å²) in [6, 6.07) is 15.1. The van der Waals surface area contributed by atoms with Crippen molar-refractivity contribution in [3.63, 3.8) is 0 Å². The van der Waals surface area contributed by atoms with Gasteiger partial charge in [0.2, 0.25) is 11.8 Å². The summed E-state index contributed by atoms with van der Waals surface area (Å²) in [5.74, 6) is 1.79. The third-order valence-corrected chi connectivity index (χ3v) is 11.0. The Kier molecular flexibility index (Phi) is 9.30. The molecule has 51 heavy (non-hydrogen) atoms. The lowest BCUT2D eigenvalue weighted by atomic mass is 9.87. The van der Waals surface area contributed by atoms with Gasteiger partial charge in [0, 0.05) is 43.1 Å². The Labute approximate surface area is 302 Å². The predicted molar refractivity (Wildman–Crippen MR) is 202 cm³/mol. The molecule has 2 aromatic carbocycles. The molecule has 2 unspecified atom stereocenters. The van der Waals surface area contributed by atoms with E-state index in [2.05, 4.69) is 68.1 Å². The van der Waals surface area contributed by atoms with E-state index in [1.54, 1.807) is 13.8 Å². The van der Waals surface area contributed by atoms with E-state index in [9.17, 15) is 9.59 Å². The maximum Gasteiger partial charge on any atom is 0.246 e. The van der Waals surface area contributed by atoms with Gasteiger partial charge in [-0.1, -0.05) is 55.8 Å². The van der Waals surface area contributed by atoms with Crippen molar-refractivity contribution in [3.8, 4) is 22.7 Å². The number of benzene rings is 2. The standard InChI is InChI=1S/C43H52N4O4/c1-24(2)33-21-34(29-16-18-46(19-17-29)31-22-47(23-31)28(6)49)39-32(33)14-15-35(44-39)42-45-36-20-26(4)37(40(27(5)48)51-43(7,8)9)38(41(36)50-42)30-12-10-25(3)11-13-30/h10-15,20-21,24,29,31,33,40H,16-19,22-23H2,1-9H3. The number of oxazole rings is 1. The van der Waals surface area contributed by atoms with Crippen LogP contribution in [0.25, 0.3) is 39.4 Å². The van der Waals surface area contributed by atoms with E-state index in [0.29, 0.717) is 41.0 Å². The number of aryl methyl sites for hydroxylation is 2. The van der Waals surface area contributed by atoms with Gasteiger partial charge in [0.05, 0.1) is 11.3 Å². The summed E-state index contributed by atoms with van der Waals surface area (Å²) in [5.41, 5.74) is 9.90. The number of carbonyl (C=O) groups excluding carboxylic acids is 2. The van der Waals surface area contributed by atoms with E-state index in [0.717, 1.165) is 78.0 Å². The van der Waals surface area contributed by atoms with Gasteiger partial charge >= 0.3 is 0 Å². The number of piperidine rings is 1. The molecule has 8 nitrogen and oxygen atoms in total. The van der Waals surface area contributed by atoms with Gasteiger partial charge in [-0.15, -0.1) is 0 Å². The Morgan fingerprint density at radius 3 is 2.25 bits per heavy atom. The first-order valence-corrected chi connectivity index (χ1v) is 18.6. The van der Waals surface area contributed by atoms with E-state index in [4.69, 9.17) is 19.1 Å². The molecule has 8 heteroatoms. The fourth-order valence-corrected chi connectivity index (χ4v) is 8.22. The molecule has 3 aliphatic rings. The van der Waals surface area contributed by atoms with Crippen LogP contribution in [-0.4, -0.2) is 69.3 Å². The third-order valence-electron chi connectivity index (χ3n) is 11.0. The molecule has 2 aromatic heterocycles. The number of rotatable bonds is 8. The number of ketones is 1. The van der Waals surface area contributed by atoms with E-state index in [-0.39, 0.29) is 11.7 Å². The molecule has 0 saturated carbocycles. The number of pyridine rings is 1. The number of ether oxygens (including phenoxy) is 1. The fourth-order valence-electron chi connectivity index (χ4n) is 8.22. The molecule has 0 spiro atoms. The molecule has 1 aliphatic carbocycles. The van der Waals surface area contributed by atoms with Crippen molar-refractivity contribution in [2.75, 3.05) is 26.2 Å². The van der Waals surface area contributed by atoms with Crippen LogP contribution in [-0.2, 0) is 14.3 Å². The van der Waals surface area contributed by atoms with Crippen molar-refractivity contribution < 1.29 is 18.7 Å². The van der Waals surface area contributed by atoms with Crippen LogP contribution in [0.5, 0.6) is 0 Å². The Hall–Kier alpha value is -4.14. The van der Waals surface area contributed by atoms with Crippen LogP contribution in [0, 0.1) is 25.7 Å². The molecule has 2 atom stereocenters. The summed E-state index contributed by atoms with van der Waals surface area (Å²) < 4.78 is 13.2. The quantitative estimate of drug-likeness (QED) is 0.183. The number of carbonyl (C=O) groups is 2. The molecule has 4 heterocycles. The molecular formula is C43H52N4O4. The maximum atomic E-state index is 13.2. The second-order valence-electron chi connectivity index (χ2n) is 16.4. The highest BCUT2D eigenvalue weighted by atomic mass is 16.5. The summed E-state index contributed by atoms with van der Waals surface area (Å²) in [6.07, 6.45) is 3.87. The van der Waals surface area contributed by atoms with Gasteiger partial charge in [0.1, 0.15) is 17.3 Å². The van der Waals surface area contributed by atoms with Crippen molar-refractivity contribution in [3.05, 3.63) is 76.5 Å². The lowest BCUT2D eigenvalue weighted by Crippen LogP contribution is -2.61. The minimum Gasteiger partial charge on any atom is -0.434 e. The second kappa shape index (κ2) is 13.4. The number of Topliss-reactive ketones (excluding diaryl/α,β-unsaturated/α-hetero) is 1. The van der Waals surface area contributed by atoms with Crippen molar-refractivity contribution in [1.29, 1.82) is 0 Å². The third kappa shape index (κ3) is 6.81. The first-order chi connectivity index (χ1) is 24.2. The van der Waals surface area contributed by atoms with Gasteiger partial charge in [-0.05, 0) is 114 Å². The molecule has 7 rings (SSSR count). The molecule has 0 radical (unpaired) electrons. The van der Waals surface area contributed by atoms with Crippen LogP contribution >= 0.6 is 0 Å². The number of aromatic nitrogens is 2. The zero-order chi connectivity index (χ0) is 36.4. The summed E-state index contributed by atoms with van der Waals surface area (Å²) in [6.45, 7) is 21.6. The fraction of sp³-hybridized carbons (Fsp3) is 0.488. The summed E-state index contributed by atoms with van der Waals surface area (Å²) in [4.78, 5) is 39.8. The molecular weight excluding hydrogens is 636 g/mol. The number of hydrogen-bond donors (Lipinski definition) is 0. The highest BCUT2D eigenvalue weighted by Gasteiger charge is 2.38. The molecule has 4 aromatic rings. The van der Waals surface area contributed by atoms with Crippen molar-refractivity contribution in [1.82, 2.24) is 19.8 Å². The molecule has 0 bridgehead atoms. The first kappa shape index (κ1) is 35.3. The number of hydrogen-bond acceptors (Lipinski definition) is 7. The number of nitrogens with zero attached hydrogens (tertiary/aromatic N) is 4. The van der Waals surface area contributed by atoms with E-state index in [1.807, 2.05) is 38.7 Å². The normalized spacial score (nSPS) is 19.4. The maximum absolute atomic E-state index is 13.2. The highest BCUT2D eigenvalue weighted by molar-refractivity contribution is 5.97. The summed E-state index contributed by atoms with van der Waals surface area (Å²) >= 11 is 0. The van der Waals surface area contributed by atoms with Crippen LogP contribution in [0.3, 0.4) is 0 Å². The molecule has 1 amide bonds. The van der Waals surface area contributed by atoms with Crippen LogP contribution in [0.4, 0.5) is 0 Å². The predicted octanol–water partition coefficient (Wildman–Crippen LogP) is 8.70. The largest absolute Gasteiger partial charge is 0.434 e. The van der Waals surface area contributed by atoms with Crippen LogP contribution in [0.15, 0.2) is 53.0 Å². The number of allylic oxidation sites excluding steroid dienone is 2. The molecule has 268 valence electrons. The van der Waals surface area contributed by atoms with Crippen molar-refractivity contribution >= 4 is 28.4 Å².